The van der Waals surface area contributed by atoms with Crippen LogP contribution in [0, 0.1) is 0 Å². The molecule has 0 fully saturated rings. The number of carbonyl (C=O) groups excluding carboxylic acids is 1. The maximum Gasteiger partial charge on any atom is 0.228 e. The number of aromatic nitrogens is 1. The van der Waals surface area contributed by atoms with Crippen LogP contribution in [0.25, 0.3) is 0 Å². The van der Waals surface area contributed by atoms with Crippen molar-refractivity contribution in [2.75, 3.05) is 11.9 Å². The lowest BCUT2D eigenvalue weighted by molar-refractivity contribution is -0.115. The fraction of sp³-hybridized carbons (Fsp3) is 0.250. The molecule has 0 unspecified atom stereocenters. The highest BCUT2D eigenvalue weighted by Crippen LogP contribution is 2.11. The summed E-state index contributed by atoms with van der Waals surface area (Å²) in [6.07, 6.45) is 3.75. The molecule has 0 aliphatic rings. The molecule has 0 bridgehead atoms. The van der Waals surface area contributed by atoms with Gasteiger partial charge in [0.25, 0.3) is 0 Å². The Morgan fingerprint density at radius 1 is 1.20 bits per heavy atom. The van der Waals surface area contributed by atoms with Gasteiger partial charge in [-0.25, -0.2) is 0 Å². The number of pyridine rings is 1. The largest absolute Gasteiger partial charge is 0.326 e. The van der Waals surface area contributed by atoms with E-state index in [0.717, 1.165) is 29.9 Å². The van der Waals surface area contributed by atoms with Crippen LogP contribution in [-0.2, 0) is 17.8 Å². The van der Waals surface area contributed by atoms with Crippen LogP contribution in [0.15, 0.2) is 48.8 Å². The van der Waals surface area contributed by atoms with E-state index < -0.39 is 0 Å². The van der Waals surface area contributed by atoms with Crippen molar-refractivity contribution in [1.29, 1.82) is 0 Å². The molecule has 2 N–H and O–H groups in total. The van der Waals surface area contributed by atoms with E-state index in [4.69, 9.17) is 0 Å². The minimum absolute atomic E-state index is 0.0291. The third-order valence-electron chi connectivity index (χ3n) is 2.88. The van der Waals surface area contributed by atoms with Crippen LogP contribution < -0.4 is 10.6 Å². The van der Waals surface area contributed by atoms with E-state index in [0.29, 0.717) is 6.42 Å². The molecule has 4 heteroatoms. The van der Waals surface area contributed by atoms with Gasteiger partial charge in [0, 0.05) is 24.6 Å². The molecule has 0 radical (unpaired) electrons. The van der Waals surface area contributed by atoms with E-state index >= 15 is 0 Å². The van der Waals surface area contributed by atoms with Crippen LogP contribution in [0.5, 0.6) is 0 Å². The molecule has 2 rings (SSSR count). The van der Waals surface area contributed by atoms with Gasteiger partial charge in [0.05, 0.1) is 6.42 Å². The molecule has 1 aromatic carbocycles. The molecule has 1 amide bonds. The number of hydrogen-bond acceptors (Lipinski definition) is 3. The number of hydrogen-bond donors (Lipinski definition) is 2. The first-order chi connectivity index (χ1) is 9.78. The van der Waals surface area contributed by atoms with Crippen molar-refractivity contribution in [1.82, 2.24) is 10.3 Å². The smallest absolute Gasteiger partial charge is 0.228 e. The predicted octanol–water partition coefficient (Wildman–Crippen LogP) is 2.37. The van der Waals surface area contributed by atoms with E-state index in [-0.39, 0.29) is 5.91 Å². The second-order valence-electron chi connectivity index (χ2n) is 4.57. The predicted molar refractivity (Wildman–Crippen MR) is 80.4 cm³/mol. The first kappa shape index (κ1) is 14.2. The Bertz CT molecular complexity index is 555. The van der Waals surface area contributed by atoms with Gasteiger partial charge in [-0.1, -0.05) is 25.1 Å². The molecular weight excluding hydrogens is 250 g/mol. The summed E-state index contributed by atoms with van der Waals surface area (Å²) < 4.78 is 0. The van der Waals surface area contributed by atoms with Crippen LogP contribution in [0.1, 0.15) is 18.1 Å². The van der Waals surface area contributed by atoms with E-state index in [1.165, 1.54) is 0 Å². The lowest BCUT2D eigenvalue weighted by Crippen LogP contribution is -2.15. The minimum Gasteiger partial charge on any atom is -0.326 e. The summed E-state index contributed by atoms with van der Waals surface area (Å²) in [5.41, 5.74) is 2.90. The molecule has 0 saturated carbocycles. The molecule has 2 aromatic rings. The van der Waals surface area contributed by atoms with E-state index in [1.807, 2.05) is 36.4 Å². The molecule has 4 nitrogen and oxygen atoms in total. The molecular formula is C16H19N3O. The van der Waals surface area contributed by atoms with Crippen molar-refractivity contribution in [3.8, 4) is 0 Å². The minimum atomic E-state index is -0.0291. The first-order valence-electron chi connectivity index (χ1n) is 6.76. The van der Waals surface area contributed by atoms with Gasteiger partial charge in [0.1, 0.15) is 0 Å². The summed E-state index contributed by atoms with van der Waals surface area (Å²) in [4.78, 5) is 16.0. The summed E-state index contributed by atoms with van der Waals surface area (Å²) in [5, 5.41) is 6.18. The van der Waals surface area contributed by atoms with Gasteiger partial charge in [-0.3, -0.25) is 9.78 Å². The van der Waals surface area contributed by atoms with Gasteiger partial charge < -0.3 is 10.6 Å². The molecule has 0 aliphatic heterocycles. The van der Waals surface area contributed by atoms with Gasteiger partial charge in [-0.05, 0) is 35.9 Å². The highest BCUT2D eigenvalue weighted by Gasteiger charge is 2.04. The zero-order valence-corrected chi connectivity index (χ0v) is 11.6. The SMILES string of the molecule is CCNCc1cccc(NC(=O)Cc2cccnc2)c1. The van der Waals surface area contributed by atoms with E-state index in [9.17, 15) is 4.79 Å². The van der Waals surface area contributed by atoms with Gasteiger partial charge in [0.2, 0.25) is 5.91 Å². The fourth-order valence-corrected chi connectivity index (χ4v) is 1.92. The van der Waals surface area contributed by atoms with Gasteiger partial charge in [0.15, 0.2) is 0 Å². The third kappa shape index (κ3) is 4.48. The average Bonchev–Trinajstić information content (AvgIpc) is 2.46. The summed E-state index contributed by atoms with van der Waals surface area (Å²) in [6.45, 7) is 3.81. The second kappa shape index (κ2) is 7.40. The summed E-state index contributed by atoms with van der Waals surface area (Å²) in [5.74, 6) is -0.0291. The van der Waals surface area contributed by atoms with Gasteiger partial charge in [-0.2, -0.15) is 0 Å². The second-order valence-corrected chi connectivity index (χ2v) is 4.57. The van der Waals surface area contributed by atoms with E-state index in [1.54, 1.807) is 12.4 Å². The summed E-state index contributed by atoms with van der Waals surface area (Å²) in [7, 11) is 0. The van der Waals surface area contributed by atoms with Crippen LogP contribution in [0.4, 0.5) is 5.69 Å². The molecule has 0 spiro atoms. The Hall–Kier alpha value is -2.20. The highest BCUT2D eigenvalue weighted by atomic mass is 16.1. The summed E-state index contributed by atoms with van der Waals surface area (Å²) in [6, 6.07) is 11.6. The maximum absolute atomic E-state index is 12.0. The Balaban J connectivity index is 1.94. The number of nitrogens with one attached hydrogen (secondary N) is 2. The zero-order chi connectivity index (χ0) is 14.2. The number of anilines is 1. The van der Waals surface area contributed by atoms with Gasteiger partial charge >= 0.3 is 0 Å². The third-order valence-corrected chi connectivity index (χ3v) is 2.88. The highest BCUT2D eigenvalue weighted by molar-refractivity contribution is 5.92. The van der Waals surface area contributed by atoms with Crippen LogP contribution >= 0.6 is 0 Å². The summed E-state index contributed by atoms with van der Waals surface area (Å²) >= 11 is 0. The molecule has 0 saturated heterocycles. The quantitative estimate of drug-likeness (QED) is 0.846. The van der Waals surface area contributed by atoms with Crippen molar-refractivity contribution in [3.05, 3.63) is 59.9 Å². The molecule has 0 aliphatic carbocycles. The number of amides is 1. The molecule has 1 aromatic heterocycles. The van der Waals surface area contributed by atoms with Crippen molar-refractivity contribution in [2.24, 2.45) is 0 Å². The normalized spacial score (nSPS) is 10.2. The Morgan fingerprint density at radius 3 is 2.80 bits per heavy atom. The van der Waals surface area contributed by atoms with Crippen LogP contribution in [0.2, 0.25) is 0 Å². The van der Waals surface area contributed by atoms with Crippen molar-refractivity contribution >= 4 is 11.6 Å². The average molecular weight is 269 g/mol. The van der Waals surface area contributed by atoms with Crippen molar-refractivity contribution in [2.45, 2.75) is 19.9 Å². The number of carbonyl (C=O) groups is 1. The lowest BCUT2D eigenvalue weighted by Gasteiger charge is -2.08. The Morgan fingerprint density at radius 2 is 2.05 bits per heavy atom. The van der Waals surface area contributed by atoms with Crippen LogP contribution in [-0.4, -0.2) is 17.4 Å². The number of benzene rings is 1. The molecule has 0 atom stereocenters. The van der Waals surface area contributed by atoms with Gasteiger partial charge in [-0.15, -0.1) is 0 Å². The molecule has 1 heterocycles. The van der Waals surface area contributed by atoms with Crippen molar-refractivity contribution < 1.29 is 4.79 Å². The zero-order valence-electron chi connectivity index (χ0n) is 11.6. The fourth-order valence-electron chi connectivity index (χ4n) is 1.92. The monoisotopic (exact) mass is 269 g/mol. The molecule has 104 valence electrons. The van der Waals surface area contributed by atoms with Crippen LogP contribution in [0.3, 0.4) is 0 Å². The Kier molecular flexibility index (Phi) is 5.26. The standard InChI is InChI=1S/C16H19N3O/c1-2-17-11-13-5-3-7-15(9-13)19-16(20)10-14-6-4-8-18-12-14/h3-9,12,17H,2,10-11H2,1H3,(H,19,20). The first-order valence-corrected chi connectivity index (χ1v) is 6.76. The number of nitrogens with zero attached hydrogens (tertiary/aromatic N) is 1. The maximum atomic E-state index is 12.0. The molecule has 20 heavy (non-hydrogen) atoms. The Labute approximate surface area is 119 Å². The van der Waals surface area contributed by atoms with E-state index in [2.05, 4.69) is 22.5 Å². The lowest BCUT2D eigenvalue weighted by atomic mass is 10.1. The topological polar surface area (TPSA) is 54.0 Å². The van der Waals surface area contributed by atoms with Crippen molar-refractivity contribution in [3.63, 3.8) is 0 Å². The number of rotatable bonds is 6.